The maximum Gasteiger partial charge on any atom is 0.231 e. The Hall–Kier alpha value is -2.13. The van der Waals surface area contributed by atoms with E-state index < -0.39 is 0 Å². The van der Waals surface area contributed by atoms with Crippen molar-refractivity contribution in [1.82, 2.24) is 0 Å². The Balaban J connectivity index is 1.98. The Kier molecular flexibility index (Phi) is 3.99. The van der Waals surface area contributed by atoms with Crippen molar-refractivity contribution in [1.29, 1.82) is 0 Å². The van der Waals surface area contributed by atoms with Gasteiger partial charge in [0.1, 0.15) is 0 Å². The van der Waals surface area contributed by atoms with Crippen molar-refractivity contribution in [2.24, 2.45) is 5.73 Å². The van der Waals surface area contributed by atoms with E-state index in [-0.39, 0.29) is 17.9 Å². The van der Waals surface area contributed by atoms with Gasteiger partial charge in [0, 0.05) is 11.7 Å². The van der Waals surface area contributed by atoms with Crippen molar-refractivity contribution in [3.63, 3.8) is 0 Å². The number of nitrogens with two attached hydrogens (primary N) is 1. The lowest BCUT2D eigenvalue weighted by Crippen LogP contribution is -2.16. The second-order valence-electron chi connectivity index (χ2n) is 6.01. The molecular weight excluding hydrogens is 272 g/mol. The highest BCUT2D eigenvalue weighted by atomic mass is 16.2. The molecule has 0 aliphatic carbocycles. The molecule has 3 nitrogen and oxygen atoms in total. The van der Waals surface area contributed by atoms with Crippen LogP contribution in [-0.2, 0) is 17.6 Å². The minimum absolute atomic E-state index is 0.0661. The first kappa shape index (κ1) is 14.8. The number of hydrogen-bond acceptors (Lipinski definition) is 2. The summed E-state index contributed by atoms with van der Waals surface area (Å²) in [7, 11) is 0. The summed E-state index contributed by atoms with van der Waals surface area (Å²) < 4.78 is 0. The van der Waals surface area contributed by atoms with Crippen LogP contribution in [0.5, 0.6) is 0 Å². The van der Waals surface area contributed by atoms with Crippen LogP contribution >= 0.6 is 0 Å². The molecule has 2 aromatic rings. The first-order valence-electron chi connectivity index (χ1n) is 7.87. The lowest BCUT2D eigenvalue weighted by atomic mass is 9.91. The van der Waals surface area contributed by atoms with Crippen molar-refractivity contribution >= 4 is 11.6 Å². The molecule has 0 aromatic heterocycles. The first-order valence-corrected chi connectivity index (χ1v) is 7.87. The molecule has 2 aromatic carbocycles. The van der Waals surface area contributed by atoms with E-state index in [0.717, 1.165) is 29.7 Å². The summed E-state index contributed by atoms with van der Waals surface area (Å²) in [6.45, 7) is 4.08. The summed E-state index contributed by atoms with van der Waals surface area (Å²) in [5.74, 6) is -0.0272. The van der Waals surface area contributed by atoms with Gasteiger partial charge in [-0.3, -0.25) is 4.79 Å². The van der Waals surface area contributed by atoms with Crippen LogP contribution in [0.2, 0.25) is 0 Å². The van der Waals surface area contributed by atoms with Gasteiger partial charge >= 0.3 is 0 Å². The molecule has 22 heavy (non-hydrogen) atoms. The zero-order valence-corrected chi connectivity index (χ0v) is 13.1. The summed E-state index contributed by atoms with van der Waals surface area (Å²) in [5.41, 5.74) is 12.0. The minimum Gasteiger partial charge on any atom is -0.325 e. The van der Waals surface area contributed by atoms with E-state index in [1.165, 1.54) is 11.1 Å². The average Bonchev–Trinajstić information content (AvgIpc) is 2.82. The Morgan fingerprint density at radius 1 is 1.18 bits per heavy atom. The van der Waals surface area contributed by atoms with Crippen LogP contribution in [0.15, 0.2) is 42.5 Å². The van der Waals surface area contributed by atoms with Crippen LogP contribution in [0.4, 0.5) is 5.69 Å². The number of benzene rings is 2. The molecule has 1 aliphatic rings. The number of aryl methyl sites for hydroxylation is 1. The molecule has 1 amide bonds. The van der Waals surface area contributed by atoms with Gasteiger partial charge < -0.3 is 11.1 Å². The SMILES string of the molecule is CCc1cc(C(N)Cc2ccccc2)c2c(c1)C(C)C(=O)N2. The molecule has 0 saturated heterocycles. The van der Waals surface area contributed by atoms with Gasteiger partial charge in [-0.15, -0.1) is 0 Å². The molecule has 0 fully saturated rings. The molecule has 0 saturated carbocycles. The predicted molar refractivity (Wildman–Crippen MR) is 89.9 cm³/mol. The number of amides is 1. The van der Waals surface area contributed by atoms with E-state index in [2.05, 4.69) is 36.5 Å². The van der Waals surface area contributed by atoms with Gasteiger partial charge in [-0.1, -0.05) is 49.4 Å². The highest BCUT2D eigenvalue weighted by molar-refractivity contribution is 6.03. The van der Waals surface area contributed by atoms with Crippen LogP contribution in [-0.4, -0.2) is 5.91 Å². The number of carbonyl (C=O) groups is 1. The molecule has 1 aliphatic heterocycles. The van der Waals surface area contributed by atoms with Crippen LogP contribution in [0.1, 0.15) is 48.1 Å². The third-order valence-corrected chi connectivity index (χ3v) is 4.47. The van der Waals surface area contributed by atoms with Crippen LogP contribution < -0.4 is 11.1 Å². The van der Waals surface area contributed by atoms with Crippen molar-refractivity contribution < 1.29 is 4.79 Å². The maximum atomic E-state index is 12.0. The van der Waals surface area contributed by atoms with Crippen LogP contribution in [0, 0.1) is 0 Å². The number of fused-ring (bicyclic) bond motifs is 1. The highest BCUT2D eigenvalue weighted by Gasteiger charge is 2.30. The van der Waals surface area contributed by atoms with Gasteiger partial charge in [-0.05, 0) is 42.0 Å². The van der Waals surface area contributed by atoms with Gasteiger partial charge in [0.05, 0.1) is 5.92 Å². The van der Waals surface area contributed by atoms with Crippen molar-refractivity contribution in [2.45, 2.75) is 38.6 Å². The van der Waals surface area contributed by atoms with Gasteiger partial charge in [0.2, 0.25) is 5.91 Å². The monoisotopic (exact) mass is 294 g/mol. The fraction of sp³-hybridized carbons (Fsp3) is 0.316. The van der Waals surface area contributed by atoms with Crippen molar-refractivity contribution in [3.8, 4) is 0 Å². The molecule has 2 atom stereocenters. The van der Waals surface area contributed by atoms with E-state index in [0.29, 0.717) is 0 Å². The van der Waals surface area contributed by atoms with Crippen molar-refractivity contribution in [2.75, 3.05) is 5.32 Å². The number of carbonyl (C=O) groups excluding carboxylic acids is 1. The van der Waals surface area contributed by atoms with Crippen molar-refractivity contribution in [3.05, 3.63) is 64.7 Å². The van der Waals surface area contributed by atoms with E-state index in [1.54, 1.807) is 0 Å². The third-order valence-electron chi connectivity index (χ3n) is 4.47. The van der Waals surface area contributed by atoms with E-state index >= 15 is 0 Å². The average molecular weight is 294 g/mol. The van der Waals surface area contributed by atoms with Crippen LogP contribution in [0.25, 0.3) is 0 Å². The van der Waals surface area contributed by atoms with E-state index in [1.807, 2.05) is 25.1 Å². The van der Waals surface area contributed by atoms with Gasteiger partial charge in [0.15, 0.2) is 0 Å². The fourth-order valence-corrected chi connectivity index (χ4v) is 3.09. The summed E-state index contributed by atoms with van der Waals surface area (Å²) in [6, 6.07) is 14.4. The molecule has 3 heteroatoms. The first-order chi connectivity index (χ1) is 10.6. The summed E-state index contributed by atoms with van der Waals surface area (Å²) >= 11 is 0. The molecule has 3 rings (SSSR count). The number of nitrogens with one attached hydrogen (secondary N) is 1. The fourth-order valence-electron chi connectivity index (χ4n) is 3.09. The summed E-state index contributed by atoms with van der Waals surface area (Å²) in [5, 5.41) is 3.01. The Labute approximate surface area is 131 Å². The molecule has 114 valence electrons. The Bertz CT molecular complexity index is 694. The van der Waals surface area contributed by atoms with Gasteiger partial charge in [-0.25, -0.2) is 0 Å². The minimum atomic E-state index is -0.117. The third kappa shape index (κ3) is 2.64. The zero-order valence-electron chi connectivity index (χ0n) is 13.1. The Morgan fingerprint density at radius 3 is 2.59 bits per heavy atom. The molecular formula is C19H22N2O. The largest absolute Gasteiger partial charge is 0.325 e. The second kappa shape index (κ2) is 5.93. The maximum absolute atomic E-state index is 12.0. The quantitative estimate of drug-likeness (QED) is 0.906. The van der Waals surface area contributed by atoms with Gasteiger partial charge in [0.25, 0.3) is 0 Å². The molecule has 3 N–H and O–H groups in total. The van der Waals surface area contributed by atoms with Crippen LogP contribution in [0.3, 0.4) is 0 Å². The zero-order chi connectivity index (χ0) is 15.7. The number of hydrogen-bond donors (Lipinski definition) is 2. The summed E-state index contributed by atoms with van der Waals surface area (Å²) in [4.78, 5) is 12.0. The Morgan fingerprint density at radius 2 is 1.91 bits per heavy atom. The normalized spacial score (nSPS) is 18.0. The number of rotatable bonds is 4. The molecule has 0 radical (unpaired) electrons. The second-order valence-corrected chi connectivity index (χ2v) is 6.01. The standard InChI is InChI=1S/C19H22N2O/c1-3-13-9-15-12(2)19(22)21-18(15)16(10-13)17(20)11-14-7-5-4-6-8-14/h4-10,12,17H,3,11,20H2,1-2H3,(H,21,22). The molecule has 1 heterocycles. The highest BCUT2D eigenvalue weighted by Crippen LogP contribution is 2.38. The van der Waals surface area contributed by atoms with Gasteiger partial charge in [-0.2, -0.15) is 0 Å². The lowest BCUT2D eigenvalue weighted by Gasteiger charge is -2.18. The lowest BCUT2D eigenvalue weighted by molar-refractivity contribution is -0.116. The van der Waals surface area contributed by atoms with E-state index in [9.17, 15) is 4.79 Å². The molecule has 0 spiro atoms. The molecule has 0 bridgehead atoms. The smallest absolute Gasteiger partial charge is 0.231 e. The predicted octanol–water partition coefficient (Wildman–Crippen LogP) is 3.55. The molecule has 2 unspecified atom stereocenters. The van der Waals surface area contributed by atoms with E-state index in [4.69, 9.17) is 5.73 Å². The summed E-state index contributed by atoms with van der Waals surface area (Å²) in [6.07, 6.45) is 1.71. The number of anilines is 1. The topological polar surface area (TPSA) is 55.1 Å².